The van der Waals surface area contributed by atoms with Gasteiger partial charge in [0.2, 0.25) is 0 Å². The molecule has 1 fully saturated rings. The number of benzene rings is 2. The van der Waals surface area contributed by atoms with Gasteiger partial charge >= 0.3 is 0 Å². The summed E-state index contributed by atoms with van der Waals surface area (Å²) in [5.74, 6) is 0.597. The molecule has 0 aliphatic carbocycles. The van der Waals surface area contributed by atoms with Crippen LogP contribution < -0.4 is 15.5 Å². The quantitative estimate of drug-likeness (QED) is 0.285. The maximum atomic E-state index is 12.9. The zero-order valence-electron chi connectivity index (χ0n) is 19.7. The molecule has 0 aromatic heterocycles. The van der Waals surface area contributed by atoms with Crippen molar-refractivity contribution in [3.63, 3.8) is 0 Å². The van der Waals surface area contributed by atoms with Crippen LogP contribution >= 0.6 is 0 Å². The number of ether oxygens (including phenoxy) is 2. The van der Waals surface area contributed by atoms with Crippen LogP contribution in [0, 0.1) is 0 Å². The molecule has 1 aliphatic heterocycles. The summed E-state index contributed by atoms with van der Waals surface area (Å²) in [5, 5.41) is 7.09. The molecule has 0 bridgehead atoms. The Labute approximate surface area is 201 Å². The normalized spacial score (nSPS) is 15.1. The Hall–Kier alpha value is -3.23. The number of rotatable bonds is 12. The maximum absolute atomic E-state index is 12.9. The molecule has 182 valence electrons. The molecule has 0 saturated carbocycles. The molecule has 34 heavy (non-hydrogen) atoms. The molecule has 2 N–H and O–H groups in total. The third-order valence-corrected chi connectivity index (χ3v) is 5.59. The summed E-state index contributed by atoms with van der Waals surface area (Å²) in [6.45, 7) is 5.79. The van der Waals surface area contributed by atoms with E-state index in [9.17, 15) is 9.59 Å². The lowest BCUT2D eigenvalue weighted by atomic mass is 10.1. The van der Waals surface area contributed by atoms with Crippen LogP contribution in [0.25, 0.3) is 0 Å². The van der Waals surface area contributed by atoms with Crippen LogP contribution in [-0.2, 0) is 9.53 Å². The Morgan fingerprint density at radius 3 is 2.53 bits per heavy atom. The van der Waals surface area contributed by atoms with Crippen molar-refractivity contribution in [3.05, 3.63) is 65.7 Å². The molecular weight excluding hydrogens is 432 g/mol. The Morgan fingerprint density at radius 1 is 1.09 bits per heavy atom. The first-order valence-electron chi connectivity index (χ1n) is 11.9. The molecular formula is C26H34N4O4. The minimum atomic E-state index is -0.286. The lowest BCUT2D eigenvalue weighted by Gasteiger charge is -2.33. The molecule has 1 saturated heterocycles. The van der Waals surface area contributed by atoms with Crippen LogP contribution in [0.4, 0.5) is 0 Å². The van der Waals surface area contributed by atoms with Crippen LogP contribution in [0.3, 0.4) is 0 Å². The number of nitrogens with one attached hydrogen (secondary N) is 2. The number of nitrogens with zero attached hydrogens (tertiary/aromatic N) is 2. The van der Waals surface area contributed by atoms with Crippen molar-refractivity contribution < 1.29 is 19.1 Å². The second-order valence-electron chi connectivity index (χ2n) is 8.02. The van der Waals surface area contributed by atoms with E-state index < -0.39 is 0 Å². The summed E-state index contributed by atoms with van der Waals surface area (Å²) in [7, 11) is 0. The smallest absolute Gasteiger partial charge is 0.257 e. The average Bonchev–Trinajstić information content (AvgIpc) is 2.88. The van der Waals surface area contributed by atoms with Crippen LogP contribution in [0.2, 0.25) is 0 Å². The van der Waals surface area contributed by atoms with Gasteiger partial charge in [0.1, 0.15) is 5.75 Å². The maximum Gasteiger partial charge on any atom is 0.257 e. The van der Waals surface area contributed by atoms with Crippen molar-refractivity contribution in [3.8, 4) is 5.75 Å². The highest BCUT2D eigenvalue weighted by atomic mass is 16.5. The molecule has 0 spiro atoms. The highest BCUT2D eigenvalue weighted by molar-refractivity contribution is 5.94. The summed E-state index contributed by atoms with van der Waals surface area (Å²) >= 11 is 0. The molecule has 8 nitrogen and oxygen atoms in total. The van der Waals surface area contributed by atoms with Gasteiger partial charge in [-0.05, 0) is 68.1 Å². The topological polar surface area (TPSA) is 92.3 Å². The summed E-state index contributed by atoms with van der Waals surface area (Å²) in [6.07, 6.45) is 3.92. The molecule has 2 aromatic carbocycles. The monoisotopic (exact) mass is 466 g/mol. The lowest BCUT2D eigenvalue weighted by molar-refractivity contribution is -0.128. The van der Waals surface area contributed by atoms with Gasteiger partial charge in [0.25, 0.3) is 11.8 Å². The van der Waals surface area contributed by atoms with Crippen LogP contribution in [0.15, 0.2) is 59.7 Å². The van der Waals surface area contributed by atoms with Crippen molar-refractivity contribution in [1.29, 1.82) is 0 Å². The highest BCUT2D eigenvalue weighted by Crippen LogP contribution is 2.13. The van der Waals surface area contributed by atoms with E-state index in [2.05, 4.69) is 20.7 Å². The van der Waals surface area contributed by atoms with E-state index in [4.69, 9.17) is 9.47 Å². The van der Waals surface area contributed by atoms with Gasteiger partial charge in [-0.2, -0.15) is 5.10 Å². The zero-order valence-corrected chi connectivity index (χ0v) is 19.7. The van der Waals surface area contributed by atoms with Crippen molar-refractivity contribution >= 4 is 18.0 Å². The largest absolute Gasteiger partial charge is 0.494 e. The van der Waals surface area contributed by atoms with Crippen LogP contribution in [-0.4, -0.2) is 68.4 Å². The van der Waals surface area contributed by atoms with Crippen molar-refractivity contribution in [2.75, 3.05) is 39.5 Å². The number of morpholine rings is 1. The minimum Gasteiger partial charge on any atom is -0.494 e. The molecule has 1 atom stereocenters. The van der Waals surface area contributed by atoms with Gasteiger partial charge in [-0.3, -0.25) is 14.5 Å². The molecule has 3 rings (SSSR count). The fourth-order valence-corrected chi connectivity index (χ4v) is 3.79. The van der Waals surface area contributed by atoms with Gasteiger partial charge in [0, 0.05) is 25.2 Å². The third-order valence-electron chi connectivity index (χ3n) is 5.59. The summed E-state index contributed by atoms with van der Waals surface area (Å²) in [5.41, 5.74) is 4.22. The van der Waals surface area contributed by atoms with Crippen molar-refractivity contribution in [1.82, 2.24) is 15.6 Å². The Bertz CT molecular complexity index is 912. The van der Waals surface area contributed by atoms with Gasteiger partial charge in [-0.15, -0.1) is 0 Å². The molecule has 2 amide bonds. The van der Waals surface area contributed by atoms with Crippen LogP contribution in [0.1, 0.15) is 42.1 Å². The number of carbonyl (C=O) groups excluding carboxylic acids is 2. The predicted octanol–water partition coefficient (Wildman–Crippen LogP) is 2.84. The number of carbonyl (C=O) groups is 2. The van der Waals surface area contributed by atoms with E-state index in [-0.39, 0.29) is 17.9 Å². The number of amides is 2. The van der Waals surface area contributed by atoms with Crippen LogP contribution in [0.5, 0.6) is 5.75 Å². The van der Waals surface area contributed by atoms with Crippen molar-refractivity contribution in [2.45, 2.75) is 32.2 Å². The Kier molecular flexibility index (Phi) is 10.5. The summed E-state index contributed by atoms with van der Waals surface area (Å²) in [6, 6.07) is 16.4. The van der Waals surface area contributed by atoms with E-state index in [1.165, 1.54) is 0 Å². The first-order valence-corrected chi connectivity index (χ1v) is 11.9. The summed E-state index contributed by atoms with van der Waals surface area (Å²) in [4.78, 5) is 27.2. The standard InChI is InChI=1S/C26H34N4O4/c1-2-34-23-13-11-21(12-14-23)20-28-29-26(32)24(30-16-18-33-19-17-30)10-6-7-15-27-25(31)22-8-4-3-5-9-22/h3-5,8-9,11-14,20,24H,2,6-7,10,15-19H2,1H3,(H,27,31)(H,29,32). The molecule has 1 heterocycles. The van der Waals surface area contributed by atoms with E-state index >= 15 is 0 Å². The van der Waals surface area contributed by atoms with Gasteiger partial charge in [-0.1, -0.05) is 18.2 Å². The van der Waals surface area contributed by atoms with E-state index in [0.29, 0.717) is 51.4 Å². The molecule has 1 unspecified atom stereocenters. The number of hydrazone groups is 1. The second-order valence-corrected chi connectivity index (χ2v) is 8.02. The molecule has 1 aliphatic rings. The fourth-order valence-electron chi connectivity index (χ4n) is 3.79. The van der Waals surface area contributed by atoms with Gasteiger partial charge in [0.05, 0.1) is 32.1 Å². The lowest BCUT2D eigenvalue weighted by Crippen LogP contribution is -2.50. The van der Waals surface area contributed by atoms with E-state index in [0.717, 1.165) is 24.2 Å². The number of unbranched alkanes of at least 4 members (excludes halogenated alkanes) is 1. The van der Waals surface area contributed by atoms with E-state index in [1.54, 1.807) is 18.3 Å². The Morgan fingerprint density at radius 2 is 1.82 bits per heavy atom. The van der Waals surface area contributed by atoms with Crippen molar-refractivity contribution in [2.24, 2.45) is 5.10 Å². The molecule has 8 heteroatoms. The second kappa shape index (κ2) is 14.1. The molecule has 2 aromatic rings. The highest BCUT2D eigenvalue weighted by Gasteiger charge is 2.26. The Balaban J connectivity index is 1.47. The van der Waals surface area contributed by atoms with Gasteiger partial charge in [-0.25, -0.2) is 5.43 Å². The van der Waals surface area contributed by atoms with Gasteiger partial charge < -0.3 is 14.8 Å². The first kappa shape index (κ1) is 25.4. The first-order chi connectivity index (χ1) is 16.7. The molecule has 0 radical (unpaired) electrons. The third kappa shape index (κ3) is 8.28. The fraction of sp³-hybridized carbons (Fsp3) is 0.423. The predicted molar refractivity (Wildman–Crippen MR) is 132 cm³/mol. The van der Waals surface area contributed by atoms with E-state index in [1.807, 2.05) is 49.4 Å². The summed E-state index contributed by atoms with van der Waals surface area (Å²) < 4.78 is 10.9. The number of hydrogen-bond donors (Lipinski definition) is 2. The zero-order chi connectivity index (χ0) is 24.0. The number of hydrogen-bond acceptors (Lipinski definition) is 6. The minimum absolute atomic E-state index is 0.0771. The SMILES string of the molecule is CCOc1ccc(C=NNC(=O)C(CCCCNC(=O)c2ccccc2)N2CCOCC2)cc1. The average molecular weight is 467 g/mol. The van der Waals surface area contributed by atoms with Gasteiger partial charge in [0.15, 0.2) is 0 Å².